The first kappa shape index (κ1) is 15.8. The molecule has 1 aliphatic carbocycles. The van der Waals surface area contributed by atoms with Crippen molar-refractivity contribution in [3.63, 3.8) is 0 Å². The van der Waals surface area contributed by atoms with E-state index in [1.54, 1.807) is 42.7 Å². The van der Waals surface area contributed by atoms with E-state index < -0.39 is 17.3 Å². The molecule has 5 nitrogen and oxygen atoms in total. The molecule has 1 N–H and O–H groups in total. The molecule has 1 aliphatic rings. The number of rotatable bonds is 4. The van der Waals surface area contributed by atoms with Crippen molar-refractivity contribution in [2.75, 3.05) is 6.54 Å². The van der Waals surface area contributed by atoms with Crippen molar-refractivity contribution in [3.8, 4) is 0 Å². The van der Waals surface area contributed by atoms with Crippen molar-refractivity contribution in [2.45, 2.75) is 13.3 Å². The molecule has 0 spiro atoms. The maximum absolute atomic E-state index is 12.9. The maximum atomic E-state index is 12.9. The van der Waals surface area contributed by atoms with Crippen molar-refractivity contribution in [1.29, 1.82) is 0 Å². The topological polar surface area (TPSA) is 79.6 Å². The number of nitrogens with zero attached hydrogens (tertiary/aromatic N) is 2. The number of aromatic nitrogens is 1. The Morgan fingerprint density at radius 2 is 1.79 bits per heavy atom. The highest BCUT2D eigenvalue weighted by molar-refractivity contribution is 6.39. The van der Waals surface area contributed by atoms with Gasteiger partial charge in [-0.3, -0.25) is 19.6 Å². The van der Waals surface area contributed by atoms with E-state index in [9.17, 15) is 14.7 Å². The molecule has 3 rings (SSSR count). The van der Waals surface area contributed by atoms with Gasteiger partial charge in [0.1, 0.15) is 0 Å². The Bertz CT molecular complexity index is 867. The van der Waals surface area contributed by atoms with Crippen LogP contribution >= 0.6 is 0 Å². The van der Waals surface area contributed by atoms with Gasteiger partial charge in [-0.25, -0.2) is 0 Å². The number of allylic oxidation sites excluding steroid dienone is 2. The van der Waals surface area contributed by atoms with Crippen molar-refractivity contribution >= 4 is 17.3 Å². The summed E-state index contributed by atoms with van der Waals surface area (Å²) < 4.78 is 0. The zero-order valence-corrected chi connectivity index (χ0v) is 13.2. The van der Waals surface area contributed by atoms with Gasteiger partial charge in [-0.15, -0.1) is 0 Å². The van der Waals surface area contributed by atoms with Crippen LogP contribution in [0.15, 0.2) is 65.1 Å². The van der Waals surface area contributed by atoms with Crippen molar-refractivity contribution in [1.82, 2.24) is 4.98 Å². The molecule has 0 fully saturated rings. The number of carbonyl (C=O) groups excluding carboxylic acids is 2. The molecule has 2 aromatic rings. The van der Waals surface area contributed by atoms with E-state index in [1.807, 2.05) is 6.92 Å². The molecule has 120 valence electrons. The number of aliphatic imine (C=N–C) groups is 1. The average Bonchev–Trinajstić information content (AvgIpc) is 2.63. The number of pyridine rings is 1. The molecule has 0 bridgehead atoms. The fraction of sp³-hybridized carbons (Fsp3) is 0.158. The Labute approximate surface area is 139 Å². The fourth-order valence-electron chi connectivity index (χ4n) is 2.62. The van der Waals surface area contributed by atoms with Gasteiger partial charge in [0.2, 0.25) is 5.78 Å². The third-order valence-corrected chi connectivity index (χ3v) is 3.76. The number of aliphatic hydroxyl groups is 1. The summed E-state index contributed by atoms with van der Waals surface area (Å²) in [6.07, 6.45) is 3.95. The van der Waals surface area contributed by atoms with Gasteiger partial charge >= 0.3 is 0 Å². The predicted octanol–water partition coefficient (Wildman–Crippen LogP) is 3.17. The third-order valence-electron chi connectivity index (χ3n) is 3.76. The summed E-state index contributed by atoms with van der Waals surface area (Å²) in [4.78, 5) is 33.8. The molecule has 1 aromatic carbocycles. The van der Waals surface area contributed by atoms with Crippen LogP contribution in [0.1, 0.15) is 39.6 Å². The van der Waals surface area contributed by atoms with Crippen LogP contribution in [0, 0.1) is 0 Å². The summed E-state index contributed by atoms with van der Waals surface area (Å²) in [6, 6.07) is 9.95. The minimum atomic E-state index is -0.562. The second-order valence-electron chi connectivity index (χ2n) is 5.40. The largest absolute Gasteiger partial charge is 0.504 e. The number of benzene rings is 1. The summed E-state index contributed by atoms with van der Waals surface area (Å²) >= 11 is 0. The fourth-order valence-corrected chi connectivity index (χ4v) is 2.62. The summed E-state index contributed by atoms with van der Waals surface area (Å²) in [6.45, 7) is 2.44. The molecule has 0 saturated carbocycles. The van der Waals surface area contributed by atoms with Crippen molar-refractivity contribution in [3.05, 3.63) is 76.8 Å². The SMILES string of the molecule is CCCN=C(C1=C(O)C(=O)c2ccccc2C1=O)c1cccnc1. The molecule has 5 heteroatoms. The molecule has 0 saturated heterocycles. The second-order valence-corrected chi connectivity index (χ2v) is 5.40. The molecule has 1 aromatic heterocycles. The second kappa shape index (κ2) is 6.58. The van der Waals surface area contributed by atoms with E-state index in [-0.39, 0.29) is 16.7 Å². The predicted molar refractivity (Wildman–Crippen MR) is 90.7 cm³/mol. The zero-order chi connectivity index (χ0) is 17.1. The Kier molecular flexibility index (Phi) is 4.33. The summed E-state index contributed by atoms with van der Waals surface area (Å²) in [5.74, 6) is -1.52. The number of carbonyl (C=O) groups is 2. The number of fused-ring (bicyclic) bond motifs is 1. The van der Waals surface area contributed by atoms with E-state index in [0.29, 0.717) is 17.8 Å². The van der Waals surface area contributed by atoms with E-state index in [1.165, 1.54) is 6.07 Å². The zero-order valence-electron chi connectivity index (χ0n) is 13.2. The Morgan fingerprint density at radius 1 is 1.08 bits per heavy atom. The summed E-state index contributed by atoms with van der Waals surface area (Å²) in [5, 5.41) is 10.4. The maximum Gasteiger partial charge on any atom is 0.228 e. The molecule has 24 heavy (non-hydrogen) atoms. The van der Waals surface area contributed by atoms with E-state index in [2.05, 4.69) is 9.98 Å². The van der Waals surface area contributed by atoms with Crippen molar-refractivity contribution < 1.29 is 14.7 Å². The molecule has 1 heterocycles. The number of Topliss-reactive ketones (excluding diaryl/α,β-unsaturated/α-hetero) is 2. The van der Waals surface area contributed by atoms with Crippen LogP contribution in [-0.4, -0.2) is 33.9 Å². The summed E-state index contributed by atoms with van der Waals surface area (Å²) in [7, 11) is 0. The highest BCUT2D eigenvalue weighted by Crippen LogP contribution is 2.27. The molecule has 0 atom stereocenters. The van der Waals surface area contributed by atoms with Gasteiger partial charge in [-0.2, -0.15) is 0 Å². The third kappa shape index (κ3) is 2.65. The highest BCUT2D eigenvalue weighted by Gasteiger charge is 2.35. The molecule has 0 aliphatic heterocycles. The Morgan fingerprint density at radius 3 is 2.42 bits per heavy atom. The Balaban J connectivity index is 2.20. The number of hydrogen-bond acceptors (Lipinski definition) is 5. The first-order valence-corrected chi connectivity index (χ1v) is 7.72. The molecular weight excluding hydrogens is 304 g/mol. The molecular formula is C19H16N2O3. The van der Waals surface area contributed by atoms with E-state index >= 15 is 0 Å². The van der Waals surface area contributed by atoms with Gasteiger partial charge in [-0.05, 0) is 18.6 Å². The smallest absolute Gasteiger partial charge is 0.228 e. The van der Waals surface area contributed by atoms with Crippen LogP contribution in [0.3, 0.4) is 0 Å². The van der Waals surface area contributed by atoms with Gasteiger partial charge in [0.15, 0.2) is 11.5 Å². The van der Waals surface area contributed by atoms with Gasteiger partial charge < -0.3 is 5.11 Å². The van der Waals surface area contributed by atoms with Gasteiger partial charge in [0.25, 0.3) is 0 Å². The normalized spacial score (nSPS) is 14.8. The first-order valence-electron chi connectivity index (χ1n) is 7.72. The lowest BCUT2D eigenvalue weighted by Gasteiger charge is -2.19. The van der Waals surface area contributed by atoms with Crippen LogP contribution in [-0.2, 0) is 0 Å². The van der Waals surface area contributed by atoms with Crippen LogP contribution in [0.4, 0.5) is 0 Å². The van der Waals surface area contributed by atoms with Gasteiger partial charge in [0.05, 0.1) is 11.3 Å². The van der Waals surface area contributed by atoms with E-state index in [4.69, 9.17) is 0 Å². The monoisotopic (exact) mass is 320 g/mol. The number of aliphatic hydroxyl groups excluding tert-OH is 1. The van der Waals surface area contributed by atoms with Crippen molar-refractivity contribution in [2.24, 2.45) is 4.99 Å². The quantitative estimate of drug-likeness (QED) is 0.878. The lowest BCUT2D eigenvalue weighted by atomic mass is 9.84. The standard InChI is InChI=1S/C19H16N2O3/c1-2-9-21-16(12-6-5-10-20-11-12)15-17(22)13-7-3-4-8-14(13)18(23)19(15)24/h3-8,10-11,24H,2,9H2,1H3. The van der Waals surface area contributed by atoms with Crippen LogP contribution in [0.2, 0.25) is 0 Å². The number of hydrogen-bond donors (Lipinski definition) is 1. The van der Waals surface area contributed by atoms with Crippen LogP contribution < -0.4 is 0 Å². The molecule has 0 radical (unpaired) electrons. The summed E-state index contributed by atoms with van der Waals surface area (Å²) in [5.41, 5.74) is 1.33. The lowest BCUT2D eigenvalue weighted by molar-refractivity contribution is 0.0934. The minimum absolute atomic E-state index is 0.0554. The Hall–Kier alpha value is -3.08. The molecule has 0 amide bonds. The minimum Gasteiger partial charge on any atom is -0.504 e. The van der Waals surface area contributed by atoms with Crippen LogP contribution in [0.25, 0.3) is 0 Å². The molecule has 0 unspecified atom stereocenters. The average molecular weight is 320 g/mol. The highest BCUT2D eigenvalue weighted by atomic mass is 16.3. The first-order chi connectivity index (χ1) is 11.6. The van der Waals surface area contributed by atoms with Crippen LogP contribution in [0.5, 0.6) is 0 Å². The van der Waals surface area contributed by atoms with E-state index in [0.717, 1.165) is 6.42 Å². The number of ketones is 2. The van der Waals surface area contributed by atoms with Gasteiger partial charge in [0, 0.05) is 35.6 Å². The van der Waals surface area contributed by atoms with Gasteiger partial charge in [-0.1, -0.05) is 31.2 Å². The lowest BCUT2D eigenvalue weighted by Crippen LogP contribution is -2.27.